The molecule has 132 valence electrons. The summed E-state index contributed by atoms with van der Waals surface area (Å²) in [5.41, 5.74) is 3.62. The van der Waals surface area contributed by atoms with Crippen LogP contribution in [-0.4, -0.2) is 22.4 Å². The lowest BCUT2D eigenvalue weighted by Gasteiger charge is -2.22. The maximum atomic E-state index is 12.5. The van der Waals surface area contributed by atoms with Crippen molar-refractivity contribution in [1.29, 1.82) is 0 Å². The second kappa shape index (κ2) is 8.25. The van der Waals surface area contributed by atoms with E-state index in [4.69, 9.17) is 0 Å². The topological polar surface area (TPSA) is 58.1 Å². The number of hydrogen-bond donors (Lipinski definition) is 1. The summed E-state index contributed by atoms with van der Waals surface area (Å²) in [5.74, 6) is 0.494. The standard InChI is InChI=1S/C21H22N4O/c1-3-25(18-10-5-4-6-11-18)20-13-19(23-15-24-20)21(26)22-14-17-9-7-8-16(2)12-17/h4-13,15H,3,14H2,1-2H3,(H,22,26). The SMILES string of the molecule is CCN(c1ccccc1)c1cc(C(=O)NCc2cccc(C)c2)ncn1. The van der Waals surface area contributed by atoms with Crippen LogP contribution in [0.1, 0.15) is 28.5 Å². The fourth-order valence-electron chi connectivity index (χ4n) is 2.80. The monoisotopic (exact) mass is 346 g/mol. The molecule has 1 aromatic heterocycles. The minimum Gasteiger partial charge on any atom is -0.347 e. The number of aromatic nitrogens is 2. The third-order valence-corrected chi connectivity index (χ3v) is 4.08. The van der Waals surface area contributed by atoms with Gasteiger partial charge in [0.05, 0.1) is 0 Å². The van der Waals surface area contributed by atoms with Gasteiger partial charge in [0.2, 0.25) is 0 Å². The zero-order valence-corrected chi connectivity index (χ0v) is 15.0. The van der Waals surface area contributed by atoms with Crippen LogP contribution < -0.4 is 10.2 Å². The van der Waals surface area contributed by atoms with E-state index >= 15 is 0 Å². The Morgan fingerprint density at radius 3 is 2.58 bits per heavy atom. The van der Waals surface area contributed by atoms with Crippen LogP contribution in [0.4, 0.5) is 11.5 Å². The number of benzene rings is 2. The molecule has 0 fully saturated rings. The largest absolute Gasteiger partial charge is 0.347 e. The highest BCUT2D eigenvalue weighted by atomic mass is 16.1. The second-order valence-corrected chi connectivity index (χ2v) is 6.01. The summed E-state index contributed by atoms with van der Waals surface area (Å²) in [6.45, 7) is 5.29. The molecule has 0 aliphatic rings. The molecule has 1 amide bonds. The first-order valence-corrected chi connectivity index (χ1v) is 8.65. The third kappa shape index (κ3) is 4.25. The molecule has 0 spiro atoms. The molecule has 5 nitrogen and oxygen atoms in total. The Morgan fingerprint density at radius 1 is 1.04 bits per heavy atom. The van der Waals surface area contributed by atoms with Gasteiger partial charge in [0.15, 0.2) is 0 Å². The van der Waals surface area contributed by atoms with Gasteiger partial charge in [-0.05, 0) is 31.5 Å². The third-order valence-electron chi connectivity index (χ3n) is 4.08. The van der Waals surface area contributed by atoms with E-state index in [2.05, 4.69) is 21.4 Å². The Bertz CT molecular complexity index is 880. The highest BCUT2D eigenvalue weighted by Gasteiger charge is 2.13. The van der Waals surface area contributed by atoms with E-state index in [0.29, 0.717) is 18.1 Å². The van der Waals surface area contributed by atoms with E-state index < -0.39 is 0 Å². The Labute approximate surface area is 153 Å². The predicted molar refractivity (Wildman–Crippen MR) is 104 cm³/mol. The van der Waals surface area contributed by atoms with E-state index in [1.54, 1.807) is 6.07 Å². The summed E-state index contributed by atoms with van der Waals surface area (Å²) in [6.07, 6.45) is 1.43. The molecule has 0 radical (unpaired) electrons. The van der Waals surface area contributed by atoms with Gasteiger partial charge >= 0.3 is 0 Å². The van der Waals surface area contributed by atoms with Crippen LogP contribution in [0.25, 0.3) is 0 Å². The molecule has 1 N–H and O–H groups in total. The number of hydrogen-bond acceptors (Lipinski definition) is 4. The molecule has 5 heteroatoms. The predicted octanol–water partition coefficient (Wildman–Crippen LogP) is 3.87. The van der Waals surface area contributed by atoms with Gasteiger partial charge in [-0.1, -0.05) is 48.0 Å². The van der Waals surface area contributed by atoms with Crippen LogP contribution >= 0.6 is 0 Å². The van der Waals surface area contributed by atoms with Gasteiger partial charge in [0.25, 0.3) is 5.91 Å². The minimum absolute atomic E-state index is 0.209. The molecule has 2 aromatic carbocycles. The molecule has 1 heterocycles. The number of amides is 1. The summed E-state index contributed by atoms with van der Waals surface area (Å²) in [6, 6.07) is 19.8. The Kier molecular flexibility index (Phi) is 5.59. The first-order valence-electron chi connectivity index (χ1n) is 8.65. The van der Waals surface area contributed by atoms with Crippen LogP contribution in [0.2, 0.25) is 0 Å². The Morgan fingerprint density at radius 2 is 1.85 bits per heavy atom. The van der Waals surface area contributed by atoms with Gasteiger partial charge in [-0.15, -0.1) is 0 Å². The van der Waals surface area contributed by atoms with Crippen molar-refractivity contribution in [1.82, 2.24) is 15.3 Å². The fourth-order valence-corrected chi connectivity index (χ4v) is 2.80. The lowest BCUT2D eigenvalue weighted by atomic mass is 10.1. The summed E-state index contributed by atoms with van der Waals surface area (Å²) < 4.78 is 0. The molecule has 26 heavy (non-hydrogen) atoms. The summed E-state index contributed by atoms with van der Waals surface area (Å²) in [4.78, 5) is 23.0. The highest BCUT2D eigenvalue weighted by molar-refractivity contribution is 5.93. The molecular formula is C21H22N4O. The number of rotatable bonds is 6. The first kappa shape index (κ1) is 17.6. The Hall–Kier alpha value is -3.21. The van der Waals surface area contributed by atoms with Crippen molar-refractivity contribution in [3.8, 4) is 0 Å². The number of carbonyl (C=O) groups excluding carboxylic acids is 1. The minimum atomic E-state index is -0.209. The van der Waals surface area contributed by atoms with Crippen LogP contribution in [0.5, 0.6) is 0 Å². The smallest absolute Gasteiger partial charge is 0.270 e. The zero-order chi connectivity index (χ0) is 18.4. The number of para-hydroxylation sites is 1. The van der Waals surface area contributed by atoms with Crippen LogP contribution in [0, 0.1) is 6.92 Å². The normalized spacial score (nSPS) is 10.4. The van der Waals surface area contributed by atoms with Crippen molar-refractivity contribution in [3.05, 3.63) is 83.8 Å². The number of aryl methyl sites for hydroxylation is 1. The molecular weight excluding hydrogens is 324 g/mol. The molecule has 3 rings (SSSR count). The van der Waals surface area contributed by atoms with Gasteiger partial charge < -0.3 is 10.2 Å². The number of nitrogens with one attached hydrogen (secondary N) is 1. The first-order chi connectivity index (χ1) is 12.7. The molecule has 0 aliphatic heterocycles. The molecule has 0 saturated heterocycles. The second-order valence-electron chi connectivity index (χ2n) is 6.01. The summed E-state index contributed by atoms with van der Waals surface area (Å²) in [5, 5.41) is 2.92. The lowest BCUT2D eigenvalue weighted by molar-refractivity contribution is 0.0945. The lowest BCUT2D eigenvalue weighted by Crippen LogP contribution is -2.25. The molecule has 3 aromatic rings. The van der Waals surface area contributed by atoms with Crippen molar-refractivity contribution in [2.24, 2.45) is 0 Å². The van der Waals surface area contributed by atoms with E-state index in [-0.39, 0.29) is 5.91 Å². The molecule has 0 bridgehead atoms. The van der Waals surface area contributed by atoms with Crippen LogP contribution in [-0.2, 0) is 6.54 Å². The fraction of sp³-hybridized carbons (Fsp3) is 0.190. The summed E-state index contributed by atoms with van der Waals surface area (Å²) in [7, 11) is 0. The van der Waals surface area contributed by atoms with Gasteiger partial charge in [-0.3, -0.25) is 4.79 Å². The average Bonchev–Trinajstić information content (AvgIpc) is 2.68. The number of nitrogens with zero attached hydrogens (tertiary/aromatic N) is 3. The van der Waals surface area contributed by atoms with E-state index in [1.165, 1.54) is 11.9 Å². The van der Waals surface area contributed by atoms with Crippen molar-refractivity contribution >= 4 is 17.4 Å². The highest BCUT2D eigenvalue weighted by Crippen LogP contribution is 2.22. The van der Waals surface area contributed by atoms with E-state index in [1.807, 2.05) is 67.3 Å². The van der Waals surface area contributed by atoms with Gasteiger partial charge in [-0.2, -0.15) is 0 Å². The summed E-state index contributed by atoms with van der Waals surface area (Å²) >= 11 is 0. The zero-order valence-electron chi connectivity index (χ0n) is 15.0. The van der Waals surface area contributed by atoms with Gasteiger partial charge in [0, 0.05) is 24.8 Å². The van der Waals surface area contributed by atoms with Crippen molar-refractivity contribution in [3.63, 3.8) is 0 Å². The molecule has 0 unspecified atom stereocenters. The number of anilines is 2. The van der Waals surface area contributed by atoms with Gasteiger partial charge in [0.1, 0.15) is 17.8 Å². The Balaban J connectivity index is 1.74. The molecule has 0 aliphatic carbocycles. The van der Waals surface area contributed by atoms with Crippen molar-refractivity contribution in [2.75, 3.05) is 11.4 Å². The van der Waals surface area contributed by atoms with Crippen LogP contribution in [0.15, 0.2) is 67.0 Å². The van der Waals surface area contributed by atoms with E-state index in [0.717, 1.165) is 17.8 Å². The maximum Gasteiger partial charge on any atom is 0.270 e. The molecule has 0 saturated carbocycles. The van der Waals surface area contributed by atoms with Gasteiger partial charge in [-0.25, -0.2) is 9.97 Å². The van der Waals surface area contributed by atoms with E-state index in [9.17, 15) is 4.79 Å². The number of carbonyl (C=O) groups is 1. The van der Waals surface area contributed by atoms with Crippen molar-refractivity contribution < 1.29 is 4.79 Å². The maximum absolute atomic E-state index is 12.5. The van der Waals surface area contributed by atoms with Crippen molar-refractivity contribution in [2.45, 2.75) is 20.4 Å². The average molecular weight is 346 g/mol. The van der Waals surface area contributed by atoms with Crippen LogP contribution in [0.3, 0.4) is 0 Å². The quantitative estimate of drug-likeness (QED) is 0.736. The molecule has 0 atom stereocenters.